The van der Waals surface area contributed by atoms with Gasteiger partial charge >= 0.3 is 5.97 Å². The van der Waals surface area contributed by atoms with E-state index in [1.165, 1.54) is 36.6 Å². The molecule has 0 bridgehead atoms. The van der Waals surface area contributed by atoms with Gasteiger partial charge in [-0.05, 0) is 48.2 Å². The van der Waals surface area contributed by atoms with Crippen molar-refractivity contribution in [1.29, 1.82) is 0 Å². The van der Waals surface area contributed by atoms with E-state index in [2.05, 4.69) is 18.8 Å². The number of carbonyl (C=O) groups excluding carboxylic acids is 2. The highest BCUT2D eigenvalue weighted by Crippen LogP contribution is 2.31. The van der Waals surface area contributed by atoms with E-state index in [0.717, 1.165) is 23.4 Å². The number of rotatable bonds is 12. The largest absolute Gasteiger partial charge is 0.550 e. The Balaban J connectivity index is 1.28. The smallest absolute Gasteiger partial charge is 0.311 e. The molecule has 0 spiro atoms. The van der Waals surface area contributed by atoms with E-state index < -0.39 is 55.7 Å². The second-order valence-electron chi connectivity index (χ2n) is 12.5. The molecule has 6 atom stereocenters. The van der Waals surface area contributed by atoms with E-state index in [0.29, 0.717) is 35.1 Å². The number of nitrogens with one attached hydrogen (secondary N) is 1. The summed E-state index contributed by atoms with van der Waals surface area (Å²) in [6.45, 7) is 4.02. The third-order valence-corrected chi connectivity index (χ3v) is 8.53. The lowest BCUT2D eigenvalue weighted by atomic mass is 9.99. The fraction of sp³-hybridized carbons (Fsp3) is 0.371. The minimum atomic E-state index is -1.64. The number of aliphatic imine (C=N–C) groups is 1. The SMILES string of the molecule is CC(C)CCC1=C2N=CC=C2C[NH+]1OC1C(Oc2ccc3c(=O)c(-c4ccc(O)cc4)coc3c2)OC(COC(=O)CC(=O)[O-])C(O)C1O. The number of phenols is 1. The van der Waals surface area contributed by atoms with E-state index in [4.69, 9.17) is 23.5 Å². The average Bonchev–Trinajstić information content (AvgIpc) is 3.64. The van der Waals surface area contributed by atoms with Crippen LogP contribution in [0.4, 0.5) is 0 Å². The van der Waals surface area contributed by atoms with Crippen LogP contribution in [0.15, 0.2) is 86.0 Å². The fourth-order valence-electron chi connectivity index (χ4n) is 5.92. The zero-order chi connectivity index (χ0) is 34.8. The third kappa shape index (κ3) is 7.43. The first-order chi connectivity index (χ1) is 23.5. The number of fused-ring (bicyclic) bond motifs is 2. The molecule has 6 unspecified atom stereocenters. The molecule has 3 aromatic rings. The number of hydrogen-bond donors (Lipinski definition) is 4. The van der Waals surface area contributed by atoms with Crippen molar-refractivity contribution in [3.05, 3.63) is 82.0 Å². The van der Waals surface area contributed by atoms with E-state index in [-0.39, 0.29) is 27.9 Å². The Morgan fingerprint density at radius 3 is 2.63 bits per heavy atom. The number of benzene rings is 2. The van der Waals surface area contributed by atoms with E-state index in [9.17, 15) is 34.8 Å². The molecule has 1 saturated heterocycles. The number of quaternary nitrogens is 1. The number of carbonyl (C=O) groups is 2. The van der Waals surface area contributed by atoms with Gasteiger partial charge in [0.2, 0.25) is 12.4 Å². The first-order valence-electron chi connectivity index (χ1n) is 15.9. The van der Waals surface area contributed by atoms with Crippen LogP contribution in [0.1, 0.15) is 33.1 Å². The molecule has 1 aromatic heterocycles. The number of carboxylic acid groups (broad SMARTS) is 1. The van der Waals surface area contributed by atoms with Gasteiger partial charge in [-0.1, -0.05) is 26.0 Å². The van der Waals surface area contributed by atoms with Crippen LogP contribution in [0.2, 0.25) is 0 Å². The summed E-state index contributed by atoms with van der Waals surface area (Å²) in [5, 5.41) is 43.6. The predicted octanol–water partition coefficient (Wildman–Crippen LogP) is 0.532. The predicted molar refractivity (Wildman–Crippen MR) is 170 cm³/mol. The molecule has 1 fully saturated rings. The number of aliphatic hydroxyl groups excluding tert-OH is 2. The molecule has 14 nitrogen and oxygen atoms in total. The van der Waals surface area contributed by atoms with Crippen molar-refractivity contribution in [1.82, 2.24) is 0 Å². The molecular weight excluding hydrogens is 640 g/mol. The van der Waals surface area contributed by atoms with Gasteiger partial charge < -0.3 is 43.8 Å². The topological polar surface area (TPSA) is 202 Å². The summed E-state index contributed by atoms with van der Waals surface area (Å²) >= 11 is 0. The number of ether oxygens (including phenoxy) is 3. The molecule has 4 N–H and O–H groups in total. The van der Waals surface area contributed by atoms with Gasteiger partial charge in [0.05, 0.1) is 23.3 Å². The van der Waals surface area contributed by atoms with Gasteiger partial charge in [0.25, 0.3) is 0 Å². The van der Waals surface area contributed by atoms with Crippen molar-refractivity contribution >= 4 is 29.1 Å². The number of aromatic hydroxyl groups is 1. The average molecular weight is 677 g/mol. The van der Waals surface area contributed by atoms with Crippen LogP contribution in [0, 0.1) is 5.92 Å². The van der Waals surface area contributed by atoms with Crippen molar-refractivity contribution < 1.29 is 58.5 Å². The maximum Gasteiger partial charge on any atom is 0.311 e. The number of carboxylic acids is 1. The molecule has 3 aliphatic heterocycles. The Kier molecular flexibility index (Phi) is 9.94. The zero-order valence-corrected chi connectivity index (χ0v) is 26.7. The van der Waals surface area contributed by atoms with Crippen molar-refractivity contribution in [2.75, 3.05) is 13.2 Å². The minimum absolute atomic E-state index is 0.0572. The van der Waals surface area contributed by atoms with E-state index in [1.807, 2.05) is 6.08 Å². The molecule has 258 valence electrons. The van der Waals surface area contributed by atoms with E-state index in [1.54, 1.807) is 18.3 Å². The summed E-state index contributed by atoms with van der Waals surface area (Å²) in [4.78, 5) is 46.9. The molecule has 4 heterocycles. The van der Waals surface area contributed by atoms with Gasteiger partial charge in [-0.3, -0.25) is 14.6 Å². The van der Waals surface area contributed by atoms with Crippen molar-refractivity contribution in [3.63, 3.8) is 0 Å². The van der Waals surface area contributed by atoms with Crippen LogP contribution in [-0.2, 0) is 23.9 Å². The van der Waals surface area contributed by atoms with Crippen LogP contribution < -0.4 is 20.3 Å². The van der Waals surface area contributed by atoms with E-state index >= 15 is 0 Å². The molecule has 0 saturated carbocycles. The third-order valence-electron chi connectivity index (χ3n) is 8.53. The van der Waals surface area contributed by atoms with Gasteiger partial charge in [0, 0.05) is 24.3 Å². The summed E-state index contributed by atoms with van der Waals surface area (Å²) in [7, 11) is 0. The molecule has 0 aliphatic carbocycles. The molecule has 0 amide bonds. The van der Waals surface area contributed by atoms with Crippen molar-refractivity contribution in [2.24, 2.45) is 10.9 Å². The summed E-state index contributed by atoms with van der Waals surface area (Å²) < 4.78 is 23.0. The first kappa shape index (κ1) is 34.0. The molecular formula is C35H36N2O12. The van der Waals surface area contributed by atoms with Crippen LogP contribution in [0.25, 0.3) is 22.1 Å². The van der Waals surface area contributed by atoms with Crippen LogP contribution in [-0.4, -0.2) is 77.3 Å². The normalized spacial score (nSPS) is 24.7. The lowest BCUT2D eigenvalue weighted by molar-refractivity contribution is -1.06. The lowest BCUT2D eigenvalue weighted by Gasteiger charge is -2.41. The monoisotopic (exact) mass is 676 g/mol. The second-order valence-corrected chi connectivity index (χ2v) is 12.5. The standard InChI is InChI=1S/C35H36N2O12/c1-18(2)3-10-25-30-20(11-12-36-30)15-37(25)49-34-33(44)32(43)27(17-46-29(41)14-28(39)40)48-35(34)47-22-8-9-23-26(13-22)45-16-24(31(23)42)19-4-6-21(38)7-5-19/h4-9,11-13,16,18,27,32-35,38,43-44H,3,10,14-15,17H2,1-2H3,(H,39,40). The Hall–Kier alpha value is -4.86. The van der Waals surface area contributed by atoms with Gasteiger partial charge in [0.15, 0.2) is 11.1 Å². The Labute approximate surface area is 280 Å². The fourth-order valence-corrected chi connectivity index (χ4v) is 5.92. The number of hydroxylamine groups is 2. The molecule has 0 radical (unpaired) electrons. The highest BCUT2D eigenvalue weighted by molar-refractivity contribution is 5.89. The summed E-state index contributed by atoms with van der Waals surface area (Å²) in [5.41, 5.74) is 3.38. The minimum Gasteiger partial charge on any atom is -0.550 e. The highest BCUT2D eigenvalue weighted by Gasteiger charge is 2.51. The summed E-state index contributed by atoms with van der Waals surface area (Å²) in [6.07, 6.45) is -1.75. The van der Waals surface area contributed by atoms with Crippen molar-refractivity contribution in [3.8, 4) is 22.6 Å². The van der Waals surface area contributed by atoms with Gasteiger partial charge in [0.1, 0.15) is 60.5 Å². The molecule has 49 heavy (non-hydrogen) atoms. The first-order valence-corrected chi connectivity index (χ1v) is 15.9. The number of allylic oxidation sites excluding steroid dienone is 2. The quantitative estimate of drug-likeness (QED) is 0.153. The number of hydrogen-bond acceptors (Lipinski definition) is 13. The maximum atomic E-state index is 13.3. The highest BCUT2D eigenvalue weighted by atomic mass is 16.8. The molecule has 14 heteroatoms. The number of nitrogens with zero attached hydrogens (tertiary/aromatic N) is 1. The van der Waals surface area contributed by atoms with Crippen molar-refractivity contribution in [2.45, 2.75) is 63.8 Å². The van der Waals surface area contributed by atoms with Gasteiger partial charge in [-0.15, -0.1) is 0 Å². The zero-order valence-electron chi connectivity index (χ0n) is 26.7. The molecule has 3 aliphatic rings. The van der Waals surface area contributed by atoms with Crippen LogP contribution in [0.3, 0.4) is 0 Å². The van der Waals surface area contributed by atoms with Gasteiger partial charge in [-0.2, -0.15) is 9.90 Å². The summed E-state index contributed by atoms with van der Waals surface area (Å²) in [6, 6.07) is 10.6. The number of aliphatic carboxylic acids is 1. The van der Waals surface area contributed by atoms with Crippen LogP contribution >= 0.6 is 0 Å². The number of esters is 1. The molecule has 6 rings (SSSR count). The van der Waals surface area contributed by atoms with Crippen LogP contribution in [0.5, 0.6) is 11.5 Å². The number of phenolic OH excluding ortho intramolecular Hbond substituents is 1. The van der Waals surface area contributed by atoms with Gasteiger partial charge in [-0.25, -0.2) is 0 Å². The Morgan fingerprint density at radius 1 is 1.12 bits per heavy atom. The lowest BCUT2D eigenvalue weighted by Crippen LogP contribution is -3.09. The summed E-state index contributed by atoms with van der Waals surface area (Å²) in [5.74, 6) is -2.12. The number of aliphatic hydroxyl groups is 2. The Bertz CT molecular complexity index is 1880. The molecule has 2 aromatic carbocycles. The maximum absolute atomic E-state index is 13.3. The second kappa shape index (κ2) is 14.3. The Morgan fingerprint density at radius 2 is 1.90 bits per heavy atom.